The maximum absolute atomic E-state index is 12.9. The maximum Gasteiger partial charge on any atom is 0.120 e. The van der Waals surface area contributed by atoms with E-state index in [1.807, 2.05) is 0 Å². The summed E-state index contributed by atoms with van der Waals surface area (Å²) in [7, 11) is 0. The second kappa shape index (κ2) is 3.69. The topological polar surface area (TPSA) is 17.1 Å². The number of rotatable bonds is 2. The highest BCUT2D eigenvalue weighted by Crippen LogP contribution is 2.28. The van der Waals surface area contributed by atoms with Gasteiger partial charge in [0.25, 0.3) is 0 Å². The molecule has 2 atom stereocenters. The molecule has 1 nitrogen and oxygen atoms in total. The first kappa shape index (κ1) is 7.70. The third-order valence-electron chi connectivity index (χ3n) is 2.22. The van der Waals surface area contributed by atoms with Crippen molar-refractivity contribution in [3.8, 4) is 0 Å². The van der Waals surface area contributed by atoms with Crippen molar-refractivity contribution in [3.63, 3.8) is 0 Å². The fourth-order valence-electron chi connectivity index (χ4n) is 1.55. The Morgan fingerprint density at radius 1 is 1.40 bits per heavy atom. The quantitative estimate of drug-likeness (QED) is 0.542. The monoisotopic (exact) mass is 144 g/mol. The minimum atomic E-state index is -0.709. The number of hydrogen-bond donors (Lipinski definition) is 0. The van der Waals surface area contributed by atoms with Gasteiger partial charge in [0.15, 0.2) is 0 Å². The van der Waals surface area contributed by atoms with Crippen molar-refractivity contribution in [1.29, 1.82) is 0 Å². The summed E-state index contributed by atoms with van der Waals surface area (Å²) in [6.07, 6.45) is 4.20. The van der Waals surface area contributed by atoms with Gasteiger partial charge in [0.2, 0.25) is 0 Å². The summed E-state index contributed by atoms with van der Waals surface area (Å²) in [6.45, 7) is 0. The van der Waals surface area contributed by atoms with Crippen molar-refractivity contribution in [1.82, 2.24) is 0 Å². The fraction of sp³-hybridized carbons (Fsp3) is 0.875. The summed E-state index contributed by atoms with van der Waals surface area (Å²) in [6, 6.07) is 0. The van der Waals surface area contributed by atoms with Crippen LogP contribution in [0.2, 0.25) is 0 Å². The van der Waals surface area contributed by atoms with Gasteiger partial charge in [-0.2, -0.15) is 0 Å². The van der Waals surface area contributed by atoms with Gasteiger partial charge in [-0.25, -0.2) is 4.39 Å². The number of carbonyl (C=O) groups excluding carboxylic acids is 1. The molecule has 0 aliphatic heterocycles. The first-order chi connectivity index (χ1) is 4.84. The van der Waals surface area contributed by atoms with E-state index in [1.54, 1.807) is 0 Å². The average molecular weight is 144 g/mol. The molecule has 0 spiro atoms. The van der Waals surface area contributed by atoms with E-state index in [2.05, 4.69) is 0 Å². The molecular weight excluding hydrogens is 131 g/mol. The van der Waals surface area contributed by atoms with Crippen molar-refractivity contribution >= 4 is 6.29 Å². The van der Waals surface area contributed by atoms with Crippen LogP contribution in [-0.4, -0.2) is 12.5 Å². The highest BCUT2D eigenvalue weighted by Gasteiger charge is 2.23. The smallest absolute Gasteiger partial charge is 0.120 e. The number of aldehydes is 1. The summed E-state index contributed by atoms with van der Waals surface area (Å²) in [4.78, 5) is 10.1. The molecule has 1 aliphatic rings. The largest absolute Gasteiger partial charge is 0.303 e. The maximum atomic E-state index is 12.9. The SMILES string of the molecule is O=CC[C@H]1CCCCC1F. The number of alkyl halides is 1. The molecule has 0 aromatic heterocycles. The summed E-state index contributed by atoms with van der Waals surface area (Å²) in [5.74, 6) is 0.0336. The Balaban J connectivity index is 2.32. The highest BCUT2D eigenvalue weighted by atomic mass is 19.1. The van der Waals surface area contributed by atoms with Crippen LogP contribution in [0.3, 0.4) is 0 Å². The van der Waals surface area contributed by atoms with Crippen LogP contribution in [0.5, 0.6) is 0 Å². The summed E-state index contributed by atoms with van der Waals surface area (Å²) in [5.41, 5.74) is 0. The zero-order valence-corrected chi connectivity index (χ0v) is 6.05. The van der Waals surface area contributed by atoms with Crippen molar-refractivity contribution in [2.45, 2.75) is 38.3 Å². The van der Waals surface area contributed by atoms with E-state index >= 15 is 0 Å². The predicted octanol–water partition coefficient (Wildman–Crippen LogP) is 2.10. The summed E-state index contributed by atoms with van der Waals surface area (Å²) in [5, 5.41) is 0. The Morgan fingerprint density at radius 3 is 2.70 bits per heavy atom. The van der Waals surface area contributed by atoms with Crippen LogP contribution in [0.25, 0.3) is 0 Å². The van der Waals surface area contributed by atoms with E-state index < -0.39 is 6.17 Å². The molecule has 10 heavy (non-hydrogen) atoms. The van der Waals surface area contributed by atoms with Crippen LogP contribution in [0.1, 0.15) is 32.1 Å². The van der Waals surface area contributed by atoms with Crippen LogP contribution >= 0.6 is 0 Å². The fourth-order valence-corrected chi connectivity index (χ4v) is 1.55. The Morgan fingerprint density at radius 2 is 2.10 bits per heavy atom. The molecule has 0 aromatic rings. The zero-order valence-electron chi connectivity index (χ0n) is 6.05. The van der Waals surface area contributed by atoms with Gasteiger partial charge >= 0.3 is 0 Å². The van der Waals surface area contributed by atoms with Crippen molar-refractivity contribution in [2.75, 3.05) is 0 Å². The van der Waals surface area contributed by atoms with Gasteiger partial charge in [0.05, 0.1) is 0 Å². The summed E-state index contributed by atoms with van der Waals surface area (Å²) < 4.78 is 12.9. The molecule has 2 heteroatoms. The molecule has 1 fully saturated rings. The van der Waals surface area contributed by atoms with Crippen molar-refractivity contribution in [2.24, 2.45) is 5.92 Å². The zero-order chi connectivity index (χ0) is 7.40. The van der Waals surface area contributed by atoms with Crippen molar-refractivity contribution < 1.29 is 9.18 Å². The van der Waals surface area contributed by atoms with Gasteiger partial charge < -0.3 is 4.79 Å². The first-order valence-corrected chi connectivity index (χ1v) is 3.92. The van der Waals surface area contributed by atoms with Gasteiger partial charge in [-0.05, 0) is 18.8 Å². The molecule has 1 unspecified atom stereocenters. The van der Waals surface area contributed by atoms with Crippen molar-refractivity contribution in [3.05, 3.63) is 0 Å². The van der Waals surface area contributed by atoms with Crippen LogP contribution < -0.4 is 0 Å². The standard InChI is InChI=1S/C8H13FO/c9-8-4-2-1-3-7(8)5-6-10/h6-8H,1-5H2/t7-,8?/m1/s1. The Labute approximate surface area is 60.6 Å². The third kappa shape index (κ3) is 1.79. The van der Waals surface area contributed by atoms with Gasteiger partial charge in [-0.3, -0.25) is 0 Å². The molecule has 0 aromatic carbocycles. The predicted molar refractivity (Wildman–Crippen MR) is 37.5 cm³/mol. The van der Waals surface area contributed by atoms with E-state index in [9.17, 15) is 9.18 Å². The molecule has 1 saturated carbocycles. The lowest BCUT2D eigenvalue weighted by molar-refractivity contribution is -0.109. The molecule has 1 aliphatic carbocycles. The molecule has 0 amide bonds. The van der Waals surface area contributed by atoms with E-state index in [1.165, 1.54) is 0 Å². The van der Waals surface area contributed by atoms with Gasteiger partial charge in [-0.1, -0.05) is 12.8 Å². The lowest BCUT2D eigenvalue weighted by atomic mass is 9.86. The first-order valence-electron chi connectivity index (χ1n) is 3.92. The minimum Gasteiger partial charge on any atom is -0.303 e. The summed E-state index contributed by atoms with van der Waals surface area (Å²) >= 11 is 0. The van der Waals surface area contributed by atoms with E-state index in [4.69, 9.17) is 0 Å². The molecular formula is C8H13FO. The van der Waals surface area contributed by atoms with Crippen LogP contribution in [0.4, 0.5) is 4.39 Å². The molecule has 1 rings (SSSR count). The molecule has 58 valence electrons. The minimum absolute atomic E-state index is 0.0336. The highest BCUT2D eigenvalue weighted by molar-refractivity contribution is 5.49. The Kier molecular flexibility index (Phi) is 2.84. The Bertz CT molecular complexity index is 114. The molecule has 0 N–H and O–H groups in total. The van der Waals surface area contributed by atoms with E-state index in [0.29, 0.717) is 12.8 Å². The van der Waals surface area contributed by atoms with Crippen LogP contribution in [-0.2, 0) is 4.79 Å². The average Bonchev–Trinajstić information content (AvgIpc) is 1.94. The molecule has 0 bridgehead atoms. The van der Waals surface area contributed by atoms with E-state index in [-0.39, 0.29) is 5.92 Å². The van der Waals surface area contributed by atoms with E-state index in [0.717, 1.165) is 25.5 Å². The second-order valence-electron chi connectivity index (χ2n) is 2.96. The molecule has 0 radical (unpaired) electrons. The van der Waals surface area contributed by atoms with Gasteiger partial charge in [-0.15, -0.1) is 0 Å². The lowest BCUT2D eigenvalue weighted by Gasteiger charge is -2.23. The van der Waals surface area contributed by atoms with Crippen LogP contribution in [0.15, 0.2) is 0 Å². The number of carbonyl (C=O) groups is 1. The van der Waals surface area contributed by atoms with Crippen LogP contribution in [0, 0.1) is 5.92 Å². The third-order valence-corrected chi connectivity index (χ3v) is 2.22. The molecule has 0 heterocycles. The van der Waals surface area contributed by atoms with Gasteiger partial charge in [0.1, 0.15) is 12.5 Å². The van der Waals surface area contributed by atoms with Gasteiger partial charge in [0, 0.05) is 6.42 Å². The lowest BCUT2D eigenvalue weighted by Crippen LogP contribution is -2.20. The number of hydrogen-bond acceptors (Lipinski definition) is 1. The molecule has 0 saturated heterocycles. The number of halogens is 1. The second-order valence-corrected chi connectivity index (χ2v) is 2.96. The normalized spacial score (nSPS) is 33.7. The Hall–Kier alpha value is -0.400.